The molecule has 1 rings (SSSR count). The number of primary amides is 1. The first-order valence-corrected chi connectivity index (χ1v) is 6.30. The van der Waals surface area contributed by atoms with Crippen LogP contribution in [0.25, 0.3) is 0 Å². The van der Waals surface area contributed by atoms with Crippen molar-refractivity contribution in [3.05, 3.63) is 35.9 Å². The molecule has 0 heterocycles. The van der Waals surface area contributed by atoms with Crippen molar-refractivity contribution in [2.24, 2.45) is 11.5 Å². The van der Waals surface area contributed by atoms with E-state index in [0.717, 1.165) is 5.56 Å². The van der Waals surface area contributed by atoms with Crippen molar-refractivity contribution < 1.29 is 9.59 Å². The summed E-state index contributed by atoms with van der Waals surface area (Å²) >= 11 is 0. The predicted molar refractivity (Wildman–Crippen MR) is 81.4 cm³/mol. The first-order valence-electron chi connectivity index (χ1n) is 6.30. The lowest BCUT2D eigenvalue weighted by Gasteiger charge is -2.28. The molecule has 1 atom stereocenters. The maximum absolute atomic E-state index is 12.2. The van der Waals surface area contributed by atoms with E-state index in [1.54, 1.807) is 0 Å². The van der Waals surface area contributed by atoms with E-state index in [2.05, 4.69) is 0 Å². The molecular weight excluding hydrogens is 278 g/mol. The zero-order valence-corrected chi connectivity index (χ0v) is 12.6. The van der Waals surface area contributed by atoms with E-state index in [9.17, 15) is 9.59 Å². The Bertz CT molecular complexity index is 437. The van der Waals surface area contributed by atoms with Gasteiger partial charge in [-0.15, -0.1) is 12.4 Å². The van der Waals surface area contributed by atoms with Crippen molar-refractivity contribution in [3.8, 4) is 0 Å². The van der Waals surface area contributed by atoms with Gasteiger partial charge in [0.2, 0.25) is 11.8 Å². The summed E-state index contributed by atoms with van der Waals surface area (Å²) in [6.45, 7) is 3.56. The summed E-state index contributed by atoms with van der Waals surface area (Å²) in [5, 5.41) is 0. The first-order chi connectivity index (χ1) is 8.91. The van der Waals surface area contributed by atoms with Gasteiger partial charge in [-0.1, -0.05) is 30.3 Å². The Labute approximate surface area is 125 Å². The lowest BCUT2D eigenvalue weighted by atomic mass is 10.1. The van der Waals surface area contributed by atoms with Crippen LogP contribution in [0.15, 0.2) is 30.3 Å². The van der Waals surface area contributed by atoms with Gasteiger partial charge < -0.3 is 16.4 Å². The molecule has 0 bridgehead atoms. The topological polar surface area (TPSA) is 89.4 Å². The first kappa shape index (κ1) is 18.4. The van der Waals surface area contributed by atoms with Crippen LogP contribution in [0.5, 0.6) is 0 Å². The summed E-state index contributed by atoms with van der Waals surface area (Å²) in [5.41, 5.74) is 12.1. The molecule has 1 unspecified atom stereocenters. The van der Waals surface area contributed by atoms with Gasteiger partial charge in [-0.3, -0.25) is 9.59 Å². The molecule has 112 valence electrons. The normalized spacial score (nSPS) is 11.6. The van der Waals surface area contributed by atoms with Crippen molar-refractivity contribution >= 4 is 24.2 Å². The Kier molecular flexibility index (Phi) is 7.87. The van der Waals surface area contributed by atoms with E-state index in [0.29, 0.717) is 6.42 Å². The van der Waals surface area contributed by atoms with Gasteiger partial charge in [0.15, 0.2) is 0 Å². The van der Waals surface area contributed by atoms with Gasteiger partial charge >= 0.3 is 0 Å². The largest absolute Gasteiger partial charge is 0.368 e. The average molecular weight is 300 g/mol. The van der Waals surface area contributed by atoms with Gasteiger partial charge in [-0.05, 0) is 25.8 Å². The Morgan fingerprint density at radius 1 is 1.20 bits per heavy atom. The van der Waals surface area contributed by atoms with Crippen molar-refractivity contribution in [2.75, 3.05) is 6.54 Å². The minimum Gasteiger partial charge on any atom is -0.368 e. The molecule has 0 spiro atoms. The SMILES string of the molecule is CC(C)N(CC(N)=O)C(=O)C(N)Cc1ccccc1.Cl. The van der Waals surface area contributed by atoms with Crippen LogP contribution < -0.4 is 11.5 Å². The summed E-state index contributed by atoms with van der Waals surface area (Å²) < 4.78 is 0. The number of hydrogen-bond donors (Lipinski definition) is 2. The summed E-state index contributed by atoms with van der Waals surface area (Å²) in [6.07, 6.45) is 0.446. The fourth-order valence-corrected chi connectivity index (χ4v) is 1.85. The summed E-state index contributed by atoms with van der Waals surface area (Å²) in [4.78, 5) is 24.6. The molecule has 1 aromatic carbocycles. The number of benzene rings is 1. The summed E-state index contributed by atoms with van der Waals surface area (Å²) in [7, 11) is 0. The molecule has 0 aliphatic carbocycles. The number of hydrogen-bond acceptors (Lipinski definition) is 3. The van der Waals surface area contributed by atoms with Gasteiger partial charge in [0, 0.05) is 6.04 Å². The van der Waals surface area contributed by atoms with Crippen LogP contribution in [-0.2, 0) is 16.0 Å². The number of amides is 2. The fourth-order valence-electron chi connectivity index (χ4n) is 1.85. The molecule has 0 saturated heterocycles. The van der Waals surface area contributed by atoms with E-state index in [1.807, 2.05) is 44.2 Å². The quantitative estimate of drug-likeness (QED) is 0.810. The van der Waals surface area contributed by atoms with E-state index in [-0.39, 0.29) is 30.9 Å². The molecule has 6 heteroatoms. The second-order valence-electron chi connectivity index (χ2n) is 4.82. The molecule has 2 amide bonds. The van der Waals surface area contributed by atoms with Crippen LogP contribution >= 0.6 is 12.4 Å². The van der Waals surface area contributed by atoms with Crippen LogP contribution in [-0.4, -0.2) is 35.3 Å². The molecule has 5 nitrogen and oxygen atoms in total. The molecule has 0 aliphatic rings. The highest BCUT2D eigenvalue weighted by atomic mass is 35.5. The third-order valence-electron chi connectivity index (χ3n) is 2.85. The van der Waals surface area contributed by atoms with Crippen molar-refractivity contribution in [1.29, 1.82) is 0 Å². The molecule has 0 radical (unpaired) electrons. The molecule has 0 aliphatic heterocycles. The number of carbonyl (C=O) groups excluding carboxylic acids is 2. The van der Waals surface area contributed by atoms with Crippen LogP contribution in [0.3, 0.4) is 0 Å². The number of nitrogens with two attached hydrogens (primary N) is 2. The van der Waals surface area contributed by atoms with E-state index in [1.165, 1.54) is 4.90 Å². The van der Waals surface area contributed by atoms with E-state index < -0.39 is 11.9 Å². The number of carbonyl (C=O) groups is 2. The molecule has 0 aromatic heterocycles. The lowest BCUT2D eigenvalue weighted by Crippen LogP contribution is -2.50. The van der Waals surface area contributed by atoms with Gasteiger partial charge in [-0.2, -0.15) is 0 Å². The maximum atomic E-state index is 12.2. The van der Waals surface area contributed by atoms with E-state index >= 15 is 0 Å². The highest BCUT2D eigenvalue weighted by Gasteiger charge is 2.24. The summed E-state index contributed by atoms with van der Waals surface area (Å²) in [6, 6.07) is 8.77. The Morgan fingerprint density at radius 3 is 2.20 bits per heavy atom. The second kappa shape index (κ2) is 8.55. The van der Waals surface area contributed by atoms with Gasteiger partial charge in [0.25, 0.3) is 0 Å². The zero-order valence-electron chi connectivity index (χ0n) is 11.8. The monoisotopic (exact) mass is 299 g/mol. The third-order valence-corrected chi connectivity index (χ3v) is 2.85. The zero-order chi connectivity index (χ0) is 14.4. The Hall–Kier alpha value is -1.59. The van der Waals surface area contributed by atoms with Crippen LogP contribution in [0.4, 0.5) is 0 Å². The minimum atomic E-state index is -0.663. The molecule has 4 N–H and O–H groups in total. The molecule has 0 saturated carbocycles. The smallest absolute Gasteiger partial charge is 0.240 e. The maximum Gasteiger partial charge on any atom is 0.240 e. The summed E-state index contributed by atoms with van der Waals surface area (Å²) in [5.74, 6) is -0.786. The van der Waals surface area contributed by atoms with Crippen LogP contribution in [0, 0.1) is 0 Å². The lowest BCUT2D eigenvalue weighted by molar-refractivity contribution is -0.138. The van der Waals surface area contributed by atoms with Crippen molar-refractivity contribution in [2.45, 2.75) is 32.4 Å². The Balaban J connectivity index is 0.00000361. The number of rotatable bonds is 6. The molecule has 0 fully saturated rings. The molecular formula is C14H22ClN3O2. The van der Waals surface area contributed by atoms with Gasteiger partial charge in [0.05, 0.1) is 12.6 Å². The standard InChI is InChI=1S/C14H21N3O2.ClH/c1-10(2)17(9-13(16)18)14(19)12(15)8-11-6-4-3-5-7-11;/h3-7,10,12H,8-9,15H2,1-2H3,(H2,16,18);1H. The van der Waals surface area contributed by atoms with Gasteiger partial charge in [0.1, 0.15) is 0 Å². The van der Waals surface area contributed by atoms with Crippen molar-refractivity contribution in [1.82, 2.24) is 4.90 Å². The third kappa shape index (κ3) is 5.59. The highest BCUT2D eigenvalue weighted by molar-refractivity contribution is 5.87. The Morgan fingerprint density at radius 2 is 1.75 bits per heavy atom. The van der Waals surface area contributed by atoms with Crippen LogP contribution in [0.2, 0.25) is 0 Å². The number of nitrogens with zero attached hydrogens (tertiary/aromatic N) is 1. The molecule has 20 heavy (non-hydrogen) atoms. The van der Waals surface area contributed by atoms with Crippen LogP contribution in [0.1, 0.15) is 19.4 Å². The minimum absolute atomic E-state index is 0. The predicted octanol–water partition coefficient (Wildman–Crippen LogP) is 0.701. The number of halogens is 1. The second-order valence-corrected chi connectivity index (χ2v) is 4.82. The van der Waals surface area contributed by atoms with E-state index in [4.69, 9.17) is 11.5 Å². The molecule has 1 aromatic rings. The van der Waals surface area contributed by atoms with Crippen molar-refractivity contribution in [3.63, 3.8) is 0 Å². The van der Waals surface area contributed by atoms with Gasteiger partial charge in [-0.25, -0.2) is 0 Å². The average Bonchev–Trinajstić information content (AvgIpc) is 2.35. The highest BCUT2D eigenvalue weighted by Crippen LogP contribution is 2.06. The fraction of sp³-hybridized carbons (Fsp3) is 0.429.